The predicted octanol–water partition coefficient (Wildman–Crippen LogP) is 7.74. The van der Waals surface area contributed by atoms with Crippen LogP contribution in [0.3, 0.4) is 0 Å². The topological polar surface area (TPSA) is 55.0 Å². The molecular weight excluding hydrogens is 432 g/mol. The third-order valence-electron chi connectivity index (χ3n) is 6.49. The molecule has 0 unspecified atom stereocenters. The molecule has 3 aromatic carbocycles. The van der Waals surface area contributed by atoms with Crippen molar-refractivity contribution < 1.29 is 9.53 Å². The van der Waals surface area contributed by atoms with Gasteiger partial charge in [-0.1, -0.05) is 68.4 Å². The molecule has 176 valence electrons. The van der Waals surface area contributed by atoms with E-state index < -0.39 is 0 Å². The van der Waals surface area contributed by atoms with Crippen LogP contribution in [-0.2, 0) is 11.2 Å². The van der Waals surface area contributed by atoms with Crippen molar-refractivity contribution in [2.24, 2.45) is 0 Å². The molecule has 0 saturated carbocycles. The molecule has 0 aliphatic heterocycles. The fourth-order valence-corrected chi connectivity index (χ4v) is 4.67. The van der Waals surface area contributed by atoms with E-state index in [2.05, 4.69) is 67.4 Å². The molecule has 0 bridgehead atoms. The fraction of sp³-hybridized carbons (Fsp3) is 0.226. The Kier molecular flexibility index (Phi) is 6.37. The van der Waals surface area contributed by atoms with E-state index in [4.69, 9.17) is 9.72 Å². The molecule has 0 spiro atoms. The molecule has 0 saturated heterocycles. The highest BCUT2D eigenvalue weighted by atomic mass is 16.5. The zero-order valence-electron chi connectivity index (χ0n) is 20.5. The summed E-state index contributed by atoms with van der Waals surface area (Å²) in [6.45, 7) is 6.24. The number of hydrogen-bond acceptors (Lipinski definition) is 3. The number of ether oxygens (including phenoxy) is 1. The van der Waals surface area contributed by atoms with Crippen LogP contribution < -0.4 is 4.74 Å². The maximum Gasteiger partial charge on any atom is 0.311 e. The number of para-hydroxylation sites is 2. The predicted molar refractivity (Wildman–Crippen MR) is 143 cm³/mol. The Labute approximate surface area is 206 Å². The molecule has 2 aromatic heterocycles. The molecule has 5 aromatic rings. The molecule has 4 heteroatoms. The van der Waals surface area contributed by atoms with Crippen molar-refractivity contribution in [1.82, 2.24) is 9.97 Å². The first-order valence-electron chi connectivity index (χ1n) is 12.3. The number of pyridine rings is 1. The van der Waals surface area contributed by atoms with Gasteiger partial charge >= 0.3 is 5.97 Å². The number of fused-ring (bicyclic) bond motifs is 2. The largest absolute Gasteiger partial charge is 0.426 e. The highest BCUT2D eigenvalue weighted by Gasteiger charge is 2.16. The van der Waals surface area contributed by atoms with Crippen LogP contribution in [-0.4, -0.2) is 15.9 Å². The van der Waals surface area contributed by atoms with E-state index in [1.54, 1.807) is 0 Å². The van der Waals surface area contributed by atoms with E-state index in [0.717, 1.165) is 45.4 Å². The number of hydrogen-bond donors (Lipinski definition) is 1. The number of esters is 1. The van der Waals surface area contributed by atoms with Crippen LogP contribution in [0.2, 0.25) is 0 Å². The van der Waals surface area contributed by atoms with Gasteiger partial charge < -0.3 is 9.72 Å². The number of benzene rings is 3. The van der Waals surface area contributed by atoms with Gasteiger partial charge in [-0.25, -0.2) is 4.98 Å². The van der Waals surface area contributed by atoms with Crippen LogP contribution >= 0.6 is 0 Å². The van der Waals surface area contributed by atoms with Crippen molar-refractivity contribution in [1.29, 1.82) is 0 Å². The first-order chi connectivity index (χ1) is 17.0. The number of nitrogens with zero attached hydrogens (tertiary/aromatic N) is 1. The van der Waals surface area contributed by atoms with Crippen LogP contribution in [0.5, 0.6) is 5.75 Å². The van der Waals surface area contributed by atoms with Gasteiger partial charge in [-0.2, -0.15) is 0 Å². The highest BCUT2D eigenvalue weighted by Crippen LogP contribution is 2.32. The highest BCUT2D eigenvalue weighted by molar-refractivity contribution is 5.91. The van der Waals surface area contributed by atoms with Crippen LogP contribution in [0.4, 0.5) is 0 Å². The lowest BCUT2D eigenvalue weighted by molar-refractivity contribution is -0.134. The Morgan fingerprint density at radius 1 is 0.971 bits per heavy atom. The van der Waals surface area contributed by atoms with E-state index in [9.17, 15) is 4.79 Å². The van der Waals surface area contributed by atoms with Crippen molar-refractivity contribution in [3.05, 3.63) is 95.6 Å². The summed E-state index contributed by atoms with van der Waals surface area (Å²) in [5.41, 5.74) is 7.32. The van der Waals surface area contributed by atoms with Crippen LogP contribution in [0.1, 0.15) is 49.3 Å². The minimum absolute atomic E-state index is 0.192. The summed E-state index contributed by atoms with van der Waals surface area (Å²) in [6.07, 6.45) is 1.81. The SMILES string of the molecule is Cc1ccc(C(C)C)c(OC(=O)CCCc2c(-c3ccc4ccccc4n3)[nH]c3ccccc23)c1. The molecule has 5 rings (SSSR count). The zero-order chi connectivity index (χ0) is 24.4. The summed E-state index contributed by atoms with van der Waals surface area (Å²) >= 11 is 0. The number of nitrogens with one attached hydrogen (secondary N) is 1. The second kappa shape index (κ2) is 9.75. The van der Waals surface area contributed by atoms with E-state index in [1.807, 2.05) is 37.3 Å². The summed E-state index contributed by atoms with van der Waals surface area (Å²) in [4.78, 5) is 21.2. The molecule has 0 aliphatic carbocycles. The Morgan fingerprint density at radius 2 is 1.77 bits per heavy atom. The zero-order valence-corrected chi connectivity index (χ0v) is 20.5. The number of aromatic nitrogens is 2. The van der Waals surface area contributed by atoms with Crippen molar-refractivity contribution >= 4 is 27.8 Å². The normalized spacial score (nSPS) is 11.4. The summed E-state index contributed by atoms with van der Waals surface area (Å²) in [5, 5.41) is 2.29. The van der Waals surface area contributed by atoms with Crippen molar-refractivity contribution in [3.63, 3.8) is 0 Å². The lowest BCUT2D eigenvalue weighted by atomic mass is 10.0. The Morgan fingerprint density at radius 3 is 2.63 bits per heavy atom. The number of carbonyl (C=O) groups is 1. The van der Waals surface area contributed by atoms with Gasteiger partial charge in [-0.3, -0.25) is 4.79 Å². The number of aryl methyl sites for hydroxylation is 2. The molecule has 0 fully saturated rings. The third kappa shape index (κ3) is 4.83. The van der Waals surface area contributed by atoms with Crippen LogP contribution in [0.15, 0.2) is 78.9 Å². The Balaban J connectivity index is 1.37. The third-order valence-corrected chi connectivity index (χ3v) is 6.49. The quantitative estimate of drug-likeness (QED) is 0.199. The Hall–Kier alpha value is -3.92. The van der Waals surface area contributed by atoms with Gasteiger partial charge in [-0.05, 0) is 66.6 Å². The molecule has 1 N–H and O–H groups in total. The van der Waals surface area contributed by atoms with E-state index in [-0.39, 0.29) is 5.97 Å². The molecule has 4 nitrogen and oxygen atoms in total. The summed E-state index contributed by atoms with van der Waals surface area (Å²) in [7, 11) is 0. The maximum atomic E-state index is 12.7. The Bertz CT molecular complexity index is 1510. The van der Waals surface area contributed by atoms with Crippen molar-refractivity contribution in [2.45, 2.75) is 46.0 Å². The molecule has 0 radical (unpaired) electrons. The summed E-state index contributed by atoms with van der Waals surface area (Å²) < 4.78 is 5.80. The van der Waals surface area contributed by atoms with E-state index in [1.165, 1.54) is 10.9 Å². The van der Waals surface area contributed by atoms with Gasteiger partial charge in [0, 0.05) is 22.7 Å². The fourth-order valence-electron chi connectivity index (χ4n) is 4.67. The molecule has 0 amide bonds. The molecular formula is C31H30N2O2. The average Bonchev–Trinajstić information content (AvgIpc) is 3.22. The standard InChI is InChI=1S/C31H30N2O2/c1-20(2)23-17-15-21(3)19-29(23)35-30(34)14-8-11-25-24-10-5-7-13-27(24)33-31(25)28-18-16-22-9-4-6-12-26(22)32-28/h4-7,9-10,12-13,15-20,33H,8,11,14H2,1-3H3. The summed E-state index contributed by atoms with van der Waals surface area (Å²) in [6, 6.07) is 26.7. The first-order valence-corrected chi connectivity index (χ1v) is 12.3. The average molecular weight is 463 g/mol. The molecule has 0 aliphatic rings. The summed E-state index contributed by atoms with van der Waals surface area (Å²) in [5.74, 6) is 0.780. The van der Waals surface area contributed by atoms with Gasteiger partial charge in [0.05, 0.1) is 16.9 Å². The van der Waals surface area contributed by atoms with Gasteiger partial charge in [0.2, 0.25) is 0 Å². The maximum absolute atomic E-state index is 12.7. The molecule has 0 atom stereocenters. The molecule has 35 heavy (non-hydrogen) atoms. The first kappa shape index (κ1) is 22.9. The van der Waals surface area contributed by atoms with Gasteiger partial charge in [-0.15, -0.1) is 0 Å². The number of H-pyrrole nitrogens is 1. The minimum Gasteiger partial charge on any atom is -0.426 e. The van der Waals surface area contributed by atoms with Crippen LogP contribution in [0.25, 0.3) is 33.2 Å². The van der Waals surface area contributed by atoms with E-state index in [0.29, 0.717) is 24.5 Å². The van der Waals surface area contributed by atoms with Gasteiger partial charge in [0.15, 0.2) is 0 Å². The minimum atomic E-state index is -0.192. The number of aromatic amines is 1. The smallest absolute Gasteiger partial charge is 0.311 e. The number of rotatable bonds is 7. The lowest BCUT2D eigenvalue weighted by Gasteiger charge is -2.13. The second-order valence-corrected chi connectivity index (χ2v) is 9.44. The lowest BCUT2D eigenvalue weighted by Crippen LogP contribution is -2.10. The molecule has 2 heterocycles. The monoisotopic (exact) mass is 462 g/mol. The van der Waals surface area contributed by atoms with Crippen molar-refractivity contribution in [2.75, 3.05) is 0 Å². The number of carbonyl (C=O) groups excluding carboxylic acids is 1. The van der Waals surface area contributed by atoms with Crippen molar-refractivity contribution in [3.8, 4) is 17.1 Å². The second-order valence-electron chi connectivity index (χ2n) is 9.44. The van der Waals surface area contributed by atoms with Crippen LogP contribution in [0, 0.1) is 6.92 Å². The van der Waals surface area contributed by atoms with E-state index >= 15 is 0 Å². The van der Waals surface area contributed by atoms with Gasteiger partial charge in [0.1, 0.15) is 5.75 Å². The van der Waals surface area contributed by atoms with Gasteiger partial charge in [0.25, 0.3) is 0 Å².